The summed E-state index contributed by atoms with van der Waals surface area (Å²) in [6, 6.07) is -0.355. The van der Waals surface area contributed by atoms with Crippen LogP contribution in [0.1, 0.15) is 33.1 Å². The van der Waals surface area contributed by atoms with Gasteiger partial charge in [0.15, 0.2) is 0 Å². The van der Waals surface area contributed by atoms with Crippen LogP contribution in [0.2, 0.25) is 0 Å². The molecule has 0 rings (SSSR count). The van der Waals surface area contributed by atoms with Crippen LogP contribution in [0.3, 0.4) is 0 Å². The fourth-order valence-electron chi connectivity index (χ4n) is 1.10. The van der Waals surface area contributed by atoms with Crippen molar-refractivity contribution in [1.82, 2.24) is 5.32 Å². The SMILES string of the molecule is CCCC(N)C(=O)NCCCOCC.Cl. The van der Waals surface area contributed by atoms with Crippen LogP contribution >= 0.6 is 12.4 Å². The number of amides is 1. The summed E-state index contributed by atoms with van der Waals surface area (Å²) in [6.45, 7) is 6.04. The molecule has 4 nitrogen and oxygen atoms in total. The van der Waals surface area contributed by atoms with Crippen molar-refractivity contribution in [2.24, 2.45) is 5.73 Å². The Morgan fingerprint density at radius 3 is 2.67 bits per heavy atom. The molecule has 0 saturated heterocycles. The molecule has 0 heterocycles. The molecule has 0 saturated carbocycles. The molecule has 0 aromatic rings. The smallest absolute Gasteiger partial charge is 0.236 e. The molecule has 0 fully saturated rings. The number of hydrogen-bond acceptors (Lipinski definition) is 3. The van der Waals surface area contributed by atoms with Crippen LogP contribution in [0, 0.1) is 0 Å². The average Bonchev–Trinajstić information content (AvgIpc) is 2.17. The van der Waals surface area contributed by atoms with Gasteiger partial charge >= 0.3 is 0 Å². The Morgan fingerprint density at radius 1 is 1.47 bits per heavy atom. The first-order chi connectivity index (χ1) is 6.72. The van der Waals surface area contributed by atoms with E-state index >= 15 is 0 Å². The standard InChI is InChI=1S/C10H22N2O2.ClH/c1-3-6-9(11)10(13)12-7-5-8-14-4-2;/h9H,3-8,11H2,1-2H3,(H,12,13);1H. The third kappa shape index (κ3) is 9.97. The highest BCUT2D eigenvalue weighted by atomic mass is 35.5. The monoisotopic (exact) mass is 238 g/mol. The third-order valence-corrected chi connectivity index (χ3v) is 1.91. The van der Waals surface area contributed by atoms with E-state index in [9.17, 15) is 4.79 Å². The molecule has 0 aromatic carbocycles. The van der Waals surface area contributed by atoms with E-state index in [0.29, 0.717) is 13.2 Å². The summed E-state index contributed by atoms with van der Waals surface area (Å²) < 4.78 is 5.14. The predicted octanol–water partition coefficient (Wildman–Crippen LogP) is 1.08. The molecule has 15 heavy (non-hydrogen) atoms. The third-order valence-electron chi connectivity index (χ3n) is 1.91. The Morgan fingerprint density at radius 2 is 2.13 bits per heavy atom. The van der Waals surface area contributed by atoms with E-state index in [1.165, 1.54) is 0 Å². The number of halogens is 1. The highest BCUT2D eigenvalue weighted by Gasteiger charge is 2.10. The Kier molecular flexibility index (Phi) is 13.4. The maximum absolute atomic E-state index is 11.3. The van der Waals surface area contributed by atoms with Crippen molar-refractivity contribution in [3.8, 4) is 0 Å². The number of carbonyl (C=O) groups excluding carboxylic acids is 1. The van der Waals surface area contributed by atoms with Gasteiger partial charge in [0.1, 0.15) is 0 Å². The summed E-state index contributed by atoms with van der Waals surface area (Å²) in [6.07, 6.45) is 2.53. The van der Waals surface area contributed by atoms with Gasteiger partial charge in [0.05, 0.1) is 6.04 Å². The summed E-state index contributed by atoms with van der Waals surface area (Å²) in [5.41, 5.74) is 5.63. The molecule has 0 bridgehead atoms. The van der Waals surface area contributed by atoms with Crippen molar-refractivity contribution in [2.75, 3.05) is 19.8 Å². The van der Waals surface area contributed by atoms with Gasteiger partial charge in [-0.2, -0.15) is 0 Å². The Hall–Kier alpha value is -0.320. The maximum Gasteiger partial charge on any atom is 0.236 e. The second kappa shape index (κ2) is 11.8. The molecule has 1 atom stereocenters. The van der Waals surface area contributed by atoms with Gasteiger partial charge in [-0.15, -0.1) is 12.4 Å². The van der Waals surface area contributed by atoms with Crippen molar-refractivity contribution in [3.63, 3.8) is 0 Å². The molecule has 0 aliphatic heterocycles. The number of carbonyl (C=O) groups is 1. The maximum atomic E-state index is 11.3. The quantitative estimate of drug-likeness (QED) is 0.622. The molecule has 0 aliphatic carbocycles. The minimum Gasteiger partial charge on any atom is -0.382 e. The zero-order valence-electron chi connectivity index (χ0n) is 9.62. The topological polar surface area (TPSA) is 64.4 Å². The summed E-state index contributed by atoms with van der Waals surface area (Å²) in [5, 5.41) is 2.78. The normalized spacial score (nSPS) is 11.7. The van der Waals surface area contributed by atoms with Gasteiger partial charge in [-0.25, -0.2) is 0 Å². The first-order valence-electron chi connectivity index (χ1n) is 5.33. The van der Waals surface area contributed by atoms with Crippen LogP contribution in [0.25, 0.3) is 0 Å². The van der Waals surface area contributed by atoms with Gasteiger partial charge in [-0.05, 0) is 19.8 Å². The number of ether oxygens (including phenoxy) is 1. The van der Waals surface area contributed by atoms with E-state index in [0.717, 1.165) is 25.9 Å². The molecule has 1 amide bonds. The van der Waals surface area contributed by atoms with Crippen molar-refractivity contribution >= 4 is 18.3 Å². The number of nitrogens with one attached hydrogen (secondary N) is 1. The van der Waals surface area contributed by atoms with Crippen LogP contribution in [-0.2, 0) is 9.53 Å². The minimum atomic E-state index is -0.355. The lowest BCUT2D eigenvalue weighted by molar-refractivity contribution is -0.122. The Labute approximate surface area is 98.3 Å². The van der Waals surface area contributed by atoms with E-state index in [1.807, 2.05) is 13.8 Å². The molecular formula is C10H23ClN2O2. The first-order valence-corrected chi connectivity index (χ1v) is 5.33. The van der Waals surface area contributed by atoms with Gasteiger partial charge in [-0.1, -0.05) is 13.3 Å². The van der Waals surface area contributed by atoms with E-state index in [2.05, 4.69) is 5.32 Å². The highest BCUT2D eigenvalue weighted by Crippen LogP contribution is 1.92. The van der Waals surface area contributed by atoms with Crippen molar-refractivity contribution in [2.45, 2.75) is 39.2 Å². The zero-order valence-corrected chi connectivity index (χ0v) is 10.4. The van der Waals surface area contributed by atoms with Gasteiger partial charge in [0.2, 0.25) is 5.91 Å². The van der Waals surface area contributed by atoms with E-state index in [1.54, 1.807) is 0 Å². The van der Waals surface area contributed by atoms with Gasteiger partial charge in [-0.3, -0.25) is 4.79 Å². The zero-order chi connectivity index (χ0) is 10.8. The van der Waals surface area contributed by atoms with Crippen LogP contribution in [0.15, 0.2) is 0 Å². The molecule has 3 N–H and O–H groups in total. The molecular weight excluding hydrogens is 216 g/mol. The van der Waals surface area contributed by atoms with Crippen molar-refractivity contribution < 1.29 is 9.53 Å². The van der Waals surface area contributed by atoms with Crippen molar-refractivity contribution in [1.29, 1.82) is 0 Å². The fraction of sp³-hybridized carbons (Fsp3) is 0.900. The molecule has 1 unspecified atom stereocenters. The van der Waals surface area contributed by atoms with Crippen molar-refractivity contribution in [3.05, 3.63) is 0 Å². The molecule has 0 aromatic heterocycles. The summed E-state index contributed by atoms with van der Waals surface area (Å²) in [7, 11) is 0. The first kappa shape index (κ1) is 17.1. The summed E-state index contributed by atoms with van der Waals surface area (Å²) in [5.74, 6) is -0.0525. The van der Waals surface area contributed by atoms with Crippen LogP contribution in [0.4, 0.5) is 0 Å². The largest absolute Gasteiger partial charge is 0.382 e. The van der Waals surface area contributed by atoms with E-state index in [4.69, 9.17) is 10.5 Å². The molecule has 0 radical (unpaired) electrons. The fourth-order valence-corrected chi connectivity index (χ4v) is 1.10. The lowest BCUT2D eigenvalue weighted by Crippen LogP contribution is -2.40. The summed E-state index contributed by atoms with van der Waals surface area (Å²) >= 11 is 0. The highest BCUT2D eigenvalue weighted by molar-refractivity contribution is 5.85. The molecule has 5 heteroatoms. The van der Waals surface area contributed by atoms with Gasteiger partial charge in [0.25, 0.3) is 0 Å². The lowest BCUT2D eigenvalue weighted by Gasteiger charge is -2.10. The summed E-state index contributed by atoms with van der Waals surface area (Å²) in [4.78, 5) is 11.3. The van der Waals surface area contributed by atoms with Crippen LogP contribution in [0.5, 0.6) is 0 Å². The lowest BCUT2D eigenvalue weighted by atomic mass is 10.2. The number of hydrogen-bond donors (Lipinski definition) is 2. The van der Waals surface area contributed by atoms with Crippen LogP contribution in [-0.4, -0.2) is 31.7 Å². The van der Waals surface area contributed by atoms with E-state index < -0.39 is 0 Å². The second-order valence-electron chi connectivity index (χ2n) is 3.24. The molecule has 0 aliphatic rings. The average molecular weight is 239 g/mol. The molecule has 92 valence electrons. The minimum absolute atomic E-state index is 0. The second-order valence-corrected chi connectivity index (χ2v) is 3.24. The van der Waals surface area contributed by atoms with Crippen LogP contribution < -0.4 is 11.1 Å². The Balaban J connectivity index is 0. The van der Waals surface area contributed by atoms with Gasteiger partial charge < -0.3 is 15.8 Å². The van der Waals surface area contributed by atoms with Gasteiger partial charge in [0, 0.05) is 19.8 Å². The number of nitrogens with two attached hydrogens (primary N) is 1. The molecule has 0 spiro atoms. The number of rotatable bonds is 8. The van der Waals surface area contributed by atoms with E-state index in [-0.39, 0.29) is 24.4 Å². The predicted molar refractivity (Wildman–Crippen MR) is 64.3 cm³/mol. The Bertz CT molecular complexity index is 156.